The van der Waals surface area contributed by atoms with E-state index in [0.717, 1.165) is 6.54 Å². The fourth-order valence-electron chi connectivity index (χ4n) is 2.10. The molecule has 2 N–H and O–H groups in total. The number of methoxy groups -OCH3 is 1. The third kappa shape index (κ3) is 2.30. The van der Waals surface area contributed by atoms with Crippen LogP contribution in [-0.4, -0.2) is 36.1 Å². The number of hydrogen-bond donors (Lipinski definition) is 1. The number of primary amides is 1. The van der Waals surface area contributed by atoms with Crippen LogP contribution in [0.4, 0.5) is 5.95 Å². The molecule has 1 aliphatic heterocycles. The highest BCUT2D eigenvalue weighted by Gasteiger charge is 2.34. The molecule has 1 aromatic heterocycles. The van der Waals surface area contributed by atoms with Crippen LogP contribution in [0.15, 0.2) is 12.3 Å². The summed E-state index contributed by atoms with van der Waals surface area (Å²) in [4.78, 5) is 21.6. The lowest BCUT2D eigenvalue weighted by Gasteiger charge is -2.15. The van der Waals surface area contributed by atoms with Gasteiger partial charge in [0.05, 0.1) is 13.0 Å². The Morgan fingerprint density at radius 1 is 1.59 bits per heavy atom. The van der Waals surface area contributed by atoms with Crippen molar-refractivity contribution in [2.75, 3.05) is 25.1 Å². The van der Waals surface area contributed by atoms with Gasteiger partial charge in [0, 0.05) is 25.4 Å². The number of nitrogens with two attached hydrogens (primary N) is 1. The van der Waals surface area contributed by atoms with Gasteiger partial charge in [-0.2, -0.15) is 4.98 Å². The minimum Gasteiger partial charge on any atom is -0.481 e. The molecule has 6 heteroatoms. The van der Waals surface area contributed by atoms with Crippen LogP contribution in [0.5, 0.6) is 5.88 Å². The highest BCUT2D eigenvalue weighted by molar-refractivity contribution is 5.78. The molecule has 6 nitrogen and oxygen atoms in total. The number of amides is 1. The monoisotopic (exact) mass is 236 g/mol. The second kappa shape index (κ2) is 4.57. The number of anilines is 1. The van der Waals surface area contributed by atoms with Gasteiger partial charge in [0.2, 0.25) is 17.7 Å². The predicted molar refractivity (Wildman–Crippen MR) is 62.6 cm³/mol. The average Bonchev–Trinajstić information content (AvgIpc) is 2.71. The van der Waals surface area contributed by atoms with E-state index in [2.05, 4.69) is 9.97 Å². The normalized spacial score (nSPS) is 23.8. The van der Waals surface area contributed by atoms with Crippen LogP contribution in [-0.2, 0) is 4.79 Å². The zero-order chi connectivity index (χ0) is 12.4. The van der Waals surface area contributed by atoms with Gasteiger partial charge in [-0.25, -0.2) is 4.98 Å². The topological polar surface area (TPSA) is 81.3 Å². The van der Waals surface area contributed by atoms with Crippen molar-refractivity contribution in [3.05, 3.63) is 12.3 Å². The fraction of sp³-hybridized carbons (Fsp3) is 0.545. The van der Waals surface area contributed by atoms with Crippen LogP contribution in [0.25, 0.3) is 0 Å². The summed E-state index contributed by atoms with van der Waals surface area (Å²) in [7, 11) is 1.56. The van der Waals surface area contributed by atoms with E-state index in [1.54, 1.807) is 19.4 Å². The molecular formula is C11H16N4O2. The molecule has 2 heterocycles. The van der Waals surface area contributed by atoms with Gasteiger partial charge in [-0.15, -0.1) is 0 Å². The zero-order valence-corrected chi connectivity index (χ0v) is 9.96. The quantitative estimate of drug-likeness (QED) is 0.801. The maximum Gasteiger partial charge on any atom is 0.228 e. The molecule has 0 spiro atoms. The summed E-state index contributed by atoms with van der Waals surface area (Å²) >= 11 is 0. The van der Waals surface area contributed by atoms with Crippen molar-refractivity contribution in [3.8, 4) is 5.88 Å². The van der Waals surface area contributed by atoms with Gasteiger partial charge in [0.25, 0.3) is 0 Å². The maximum absolute atomic E-state index is 11.2. The van der Waals surface area contributed by atoms with Crippen LogP contribution in [0, 0.1) is 11.8 Å². The summed E-state index contributed by atoms with van der Waals surface area (Å²) in [5, 5.41) is 0. The van der Waals surface area contributed by atoms with Gasteiger partial charge in [-0.1, -0.05) is 6.92 Å². The summed E-state index contributed by atoms with van der Waals surface area (Å²) in [6.45, 7) is 3.32. The number of ether oxygens (including phenoxy) is 1. The number of rotatable bonds is 3. The van der Waals surface area contributed by atoms with E-state index in [1.807, 2.05) is 11.8 Å². The van der Waals surface area contributed by atoms with Crippen LogP contribution < -0.4 is 15.4 Å². The second-order valence-electron chi connectivity index (χ2n) is 4.29. The Hall–Kier alpha value is -1.85. The van der Waals surface area contributed by atoms with Gasteiger partial charge in [-0.05, 0) is 5.92 Å². The van der Waals surface area contributed by atoms with Crippen molar-refractivity contribution in [2.45, 2.75) is 6.92 Å². The van der Waals surface area contributed by atoms with E-state index in [4.69, 9.17) is 10.5 Å². The first-order valence-corrected chi connectivity index (χ1v) is 5.53. The van der Waals surface area contributed by atoms with E-state index in [9.17, 15) is 4.79 Å². The van der Waals surface area contributed by atoms with Gasteiger partial charge < -0.3 is 15.4 Å². The van der Waals surface area contributed by atoms with E-state index < -0.39 is 0 Å². The Bertz CT molecular complexity index is 424. The number of carbonyl (C=O) groups is 1. The molecule has 17 heavy (non-hydrogen) atoms. The van der Waals surface area contributed by atoms with Crippen molar-refractivity contribution >= 4 is 11.9 Å². The zero-order valence-electron chi connectivity index (χ0n) is 9.96. The molecular weight excluding hydrogens is 220 g/mol. The summed E-state index contributed by atoms with van der Waals surface area (Å²) < 4.78 is 5.05. The van der Waals surface area contributed by atoms with E-state index in [0.29, 0.717) is 18.4 Å². The Kier molecular flexibility index (Phi) is 3.12. The summed E-state index contributed by atoms with van der Waals surface area (Å²) in [5.74, 6) is 0.931. The molecule has 0 unspecified atom stereocenters. The molecule has 1 aliphatic rings. The lowest BCUT2D eigenvalue weighted by atomic mass is 9.98. The molecule has 1 saturated heterocycles. The molecule has 1 aromatic rings. The van der Waals surface area contributed by atoms with Crippen LogP contribution in [0.2, 0.25) is 0 Å². The van der Waals surface area contributed by atoms with Crippen molar-refractivity contribution in [3.63, 3.8) is 0 Å². The molecule has 2 atom stereocenters. The molecule has 0 aromatic carbocycles. The van der Waals surface area contributed by atoms with E-state index in [1.165, 1.54) is 0 Å². The molecule has 0 radical (unpaired) electrons. The fourth-order valence-corrected chi connectivity index (χ4v) is 2.10. The molecule has 1 amide bonds. The average molecular weight is 236 g/mol. The van der Waals surface area contributed by atoms with Gasteiger partial charge in [0.1, 0.15) is 0 Å². The third-order valence-electron chi connectivity index (χ3n) is 3.09. The smallest absolute Gasteiger partial charge is 0.228 e. The lowest BCUT2D eigenvalue weighted by molar-refractivity contribution is -0.122. The molecule has 2 rings (SSSR count). The number of hydrogen-bond acceptors (Lipinski definition) is 5. The number of carbonyl (C=O) groups excluding carboxylic acids is 1. The Morgan fingerprint density at radius 3 is 2.94 bits per heavy atom. The predicted octanol–water partition coefficient (Wildman–Crippen LogP) is 0.0428. The maximum atomic E-state index is 11.2. The van der Waals surface area contributed by atoms with E-state index in [-0.39, 0.29) is 17.7 Å². The van der Waals surface area contributed by atoms with Gasteiger partial charge in [0.15, 0.2) is 0 Å². The van der Waals surface area contributed by atoms with Crippen molar-refractivity contribution < 1.29 is 9.53 Å². The number of aromatic nitrogens is 2. The van der Waals surface area contributed by atoms with Crippen molar-refractivity contribution in [1.29, 1.82) is 0 Å². The SMILES string of the molecule is COc1ccnc(N2C[C@@H](C)[C@H](C(N)=O)C2)n1. The van der Waals surface area contributed by atoms with Gasteiger partial charge in [-0.3, -0.25) is 4.79 Å². The summed E-state index contributed by atoms with van der Waals surface area (Å²) in [5.41, 5.74) is 5.35. The molecule has 0 aliphatic carbocycles. The third-order valence-corrected chi connectivity index (χ3v) is 3.09. The van der Waals surface area contributed by atoms with Gasteiger partial charge >= 0.3 is 0 Å². The largest absolute Gasteiger partial charge is 0.481 e. The first-order chi connectivity index (χ1) is 8.11. The summed E-state index contributed by atoms with van der Waals surface area (Å²) in [6.07, 6.45) is 1.64. The summed E-state index contributed by atoms with van der Waals surface area (Å²) in [6, 6.07) is 1.69. The first-order valence-electron chi connectivity index (χ1n) is 5.53. The lowest BCUT2D eigenvalue weighted by Crippen LogP contribution is -2.29. The molecule has 0 bridgehead atoms. The highest BCUT2D eigenvalue weighted by Crippen LogP contribution is 2.26. The molecule has 92 valence electrons. The Morgan fingerprint density at radius 2 is 2.35 bits per heavy atom. The Labute approximate surface area is 99.8 Å². The van der Waals surface area contributed by atoms with Crippen LogP contribution >= 0.6 is 0 Å². The molecule has 0 saturated carbocycles. The first kappa shape index (κ1) is 11.6. The van der Waals surface area contributed by atoms with Crippen LogP contribution in [0.3, 0.4) is 0 Å². The highest BCUT2D eigenvalue weighted by atomic mass is 16.5. The minimum absolute atomic E-state index is 0.134. The Balaban J connectivity index is 2.16. The van der Waals surface area contributed by atoms with Crippen molar-refractivity contribution in [1.82, 2.24) is 9.97 Å². The number of nitrogens with zero attached hydrogens (tertiary/aromatic N) is 3. The van der Waals surface area contributed by atoms with E-state index >= 15 is 0 Å². The standard InChI is InChI=1S/C11H16N4O2/c1-7-5-15(6-8(7)10(12)16)11-13-4-3-9(14-11)17-2/h3-4,7-8H,5-6H2,1-2H3,(H2,12,16)/t7-,8-/m1/s1. The van der Waals surface area contributed by atoms with Crippen LogP contribution in [0.1, 0.15) is 6.92 Å². The molecule has 1 fully saturated rings. The second-order valence-corrected chi connectivity index (χ2v) is 4.29. The van der Waals surface area contributed by atoms with Crippen molar-refractivity contribution in [2.24, 2.45) is 17.6 Å². The minimum atomic E-state index is -0.261.